The number of aliphatic hydroxyl groups excluding tert-OH is 1. The van der Waals surface area contributed by atoms with Crippen molar-refractivity contribution in [1.29, 1.82) is 0 Å². The monoisotopic (exact) mass is 505 g/mol. The van der Waals surface area contributed by atoms with E-state index in [0.717, 1.165) is 57.9 Å². The van der Waals surface area contributed by atoms with Crippen LogP contribution >= 0.6 is 24.0 Å². The second kappa shape index (κ2) is 15.0. The number of halogens is 1. The molecule has 3 N–H and O–H groups in total. The van der Waals surface area contributed by atoms with Gasteiger partial charge in [0.15, 0.2) is 5.96 Å². The Kier molecular flexibility index (Phi) is 13.5. The Labute approximate surface area is 186 Å². The van der Waals surface area contributed by atoms with Crippen LogP contribution in [-0.2, 0) is 16.1 Å². The minimum absolute atomic E-state index is 0. The van der Waals surface area contributed by atoms with Crippen LogP contribution in [0.2, 0.25) is 0 Å². The summed E-state index contributed by atoms with van der Waals surface area (Å²) in [5, 5.41) is 16.0. The van der Waals surface area contributed by atoms with Crippen LogP contribution in [0.5, 0.6) is 0 Å². The van der Waals surface area contributed by atoms with Crippen molar-refractivity contribution < 1.29 is 14.6 Å². The zero-order chi connectivity index (χ0) is 19.2. The lowest BCUT2D eigenvalue weighted by Crippen LogP contribution is -2.39. The molecule has 7 heteroatoms. The minimum atomic E-state index is -0.0115. The molecule has 1 aromatic rings. The van der Waals surface area contributed by atoms with Gasteiger partial charge in [-0.1, -0.05) is 30.3 Å². The molecule has 1 atom stereocenters. The number of hydrogen-bond acceptors (Lipinski definition) is 4. The molecule has 1 heterocycles. The fourth-order valence-corrected chi connectivity index (χ4v) is 3.18. The van der Waals surface area contributed by atoms with E-state index < -0.39 is 0 Å². The van der Waals surface area contributed by atoms with Gasteiger partial charge in [-0.3, -0.25) is 4.99 Å². The van der Waals surface area contributed by atoms with Crippen molar-refractivity contribution in [2.75, 3.05) is 46.1 Å². The molecule has 1 fully saturated rings. The molecule has 1 aliphatic rings. The first-order chi connectivity index (χ1) is 13.3. The maximum Gasteiger partial charge on any atom is 0.191 e. The summed E-state index contributed by atoms with van der Waals surface area (Å²) in [6, 6.07) is 10.3. The van der Waals surface area contributed by atoms with Gasteiger partial charge in [0.05, 0.1) is 19.8 Å². The summed E-state index contributed by atoms with van der Waals surface area (Å²) >= 11 is 0. The van der Waals surface area contributed by atoms with Gasteiger partial charge in [0.1, 0.15) is 0 Å². The Bertz CT molecular complexity index is 537. The standard InChI is InChI=1S/C21H35N3O3.HI/c1-2-22-20(24-17-21(10-13-25)11-15-27-18-21)23-12-6-7-14-26-16-19-8-4-3-5-9-19;/h3-5,8-9,25H,2,6-7,10-18H2,1H3,(H2,22,23,24);1H. The molecule has 1 aliphatic heterocycles. The molecule has 1 aromatic carbocycles. The van der Waals surface area contributed by atoms with E-state index in [0.29, 0.717) is 19.8 Å². The van der Waals surface area contributed by atoms with Crippen molar-refractivity contribution in [2.45, 2.75) is 39.2 Å². The molecule has 2 rings (SSSR count). The number of unbranched alkanes of at least 4 members (excludes halogenated alkanes) is 1. The summed E-state index contributed by atoms with van der Waals surface area (Å²) in [6.45, 7) is 7.53. The van der Waals surface area contributed by atoms with Crippen molar-refractivity contribution in [3.8, 4) is 0 Å². The Morgan fingerprint density at radius 1 is 1.25 bits per heavy atom. The molecule has 28 heavy (non-hydrogen) atoms. The lowest BCUT2D eigenvalue weighted by molar-refractivity contribution is 0.117. The highest BCUT2D eigenvalue weighted by Gasteiger charge is 2.34. The Hall–Kier alpha value is -0.900. The zero-order valence-electron chi connectivity index (χ0n) is 17.0. The number of nitrogens with zero attached hydrogens (tertiary/aromatic N) is 1. The fraction of sp³-hybridized carbons (Fsp3) is 0.667. The SMILES string of the molecule is CCNC(=NCC1(CCO)CCOC1)NCCCCOCc1ccccc1.I. The number of hydrogen-bond donors (Lipinski definition) is 3. The molecule has 0 saturated carbocycles. The fourth-order valence-electron chi connectivity index (χ4n) is 3.18. The highest BCUT2D eigenvalue weighted by molar-refractivity contribution is 14.0. The third-order valence-corrected chi connectivity index (χ3v) is 4.86. The van der Waals surface area contributed by atoms with Crippen molar-refractivity contribution >= 4 is 29.9 Å². The molecule has 0 bridgehead atoms. The van der Waals surface area contributed by atoms with Gasteiger partial charge in [-0.25, -0.2) is 0 Å². The highest BCUT2D eigenvalue weighted by Crippen LogP contribution is 2.32. The van der Waals surface area contributed by atoms with E-state index in [-0.39, 0.29) is 36.0 Å². The molecule has 160 valence electrons. The summed E-state index contributed by atoms with van der Waals surface area (Å²) in [5.41, 5.74) is 1.20. The normalized spacial score (nSPS) is 19.3. The predicted molar refractivity (Wildman–Crippen MR) is 124 cm³/mol. The number of aliphatic hydroxyl groups is 1. The smallest absolute Gasteiger partial charge is 0.191 e. The number of rotatable bonds is 12. The number of ether oxygens (including phenoxy) is 2. The van der Waals surface area contributed by atoms with Crippen molar-refractivity contribution in [3.05, 3.63) is 35.9 Å². The van der Waals surface area contributed by atoms with Crippen LogP contribution in [0.3, 0.4) is 0 Å². The second-order valence-electron chi connectivity index (χ2n) is 7.14. The molecule has 0 aliphatic carbocycles. The quantitative estimate of drug-likeness (QED) is 0.176. The summed E-state index contributed by atoms with van der Waals surface area (Å²) < 4.78 is 11.3. The summed E-state index contributed by atoms with van der Waals surface area (Å²) in [7, 11) is 0. The van der Waals surface area contributed by atoms with Gasteiger partial charge in [0.25, 0.3) is 0 Å². The molecular weight excluding hydrogens is 469 g/mol. The van der Waals surface area contributed by atoms with Crippen LogP contribution < -0.4 is 10.6 Å². The van der Waals surface area contributed by atoms with E-state index in [1.54, 1.807) is 0 Å². The second-order valence-corrected chi connectivity index (χ2v) is 7.14. The van der Waals surface area contributed by atoms with Crippen LogP contribution in [0.25, 0.3) is 0 Å². The van der Waals surface area contributed by atoms with Crippen LogP contribution in [0.4, 0.5) is 0 Å². The number of nitrogens with one attached hydrogen (secondary N) is 2. The van der Waals surface area contributed by atoms with Gasteiger partial charge in [-0.15, -0.1) is 24.0 Å². The number of benzene rings is 1. The van der Waals surface area contributed by atoms with E-state index in [2.05, 4.69) is 29.7 Å². The molecular formula is C21H36IN3O3. The predicted octanol–water partition coefficient (Wildman–Crippen LogP) is 2.95. The van der Waals surface area contributed by atoms with Gasteiger partial charge in [-0.2, -0.15) is 0 Å². The number of guanidine groups is 1. The minimum Gasteiger partial charge on any atom is -0.396 e. The molecule has 1 unspecified atom stereocenters. The van der Waals surface area contributed by atoms with E-state index >= 15 is 0 Å². The van der Waals surface area contributed by atoms with Crippen molar-refractivity contribution in [1.82, 2.24) is 10.6 Å². The van der Waals surface area contributed by atoms with Gasteiger partial charge in [0.2, 0.25) is 0 Å². The third kappa shape index (κ3) is 9.54. The van der Waals surface area contributed by atoms with Gasteiger partial charge in [-0.05, 0) is 38.2 Å². The summed E-state index contributed by atoms with van der Waals surface area (Å²) in [4.78, 5) is 4.73. The average molecular weight is 505 g/mol. The van der Waals surface area contributed by atoms with E-state index in [4.69, 9.17) is 14.5 Å². The summed E-state index contributed by atoms with van der Waals surface area (Å²) in [6.07, 6.45) is 3.76. The lowest BCUT2D eigenvalue weighted by Gasteiger charge is -2.24. The molecule has 0 aromatic heterocycles. The first-order valence-electron chi connectivity index (χ1n) is 10.1. The Balaban J connectivity index is 0.00000392. The first kappa shape index (κ1) is 25.1. The molecule has 6 nitrogen and oxygen atoms in total. The number of aliphatic imine (C=N–C) groups is 1. The Morgan fingerprint density at radius 3 is 2.75 bits per heavy atom. The van der Waals surface area contributed by atoms with Crippen molar-refractivity contribution in [3.63, 3.8) is 0 Å². The maximum absolute atomic E-state index is 9.33. The largest absolute Gasteiger partial charge is 0.396 e. The molecule has 0 amide bonds. The van der Waals surface area contributed by atoms with Crippen LogP contribution in [0.15, 0.2) is 35.3 Å². The highest BCUT2D eigenvalue weighted by atomic mass is 127. The zero-order valence-corrected chi connectivity index (χ0v) is 19.3. The third-order valence-electron chi connectivity index (χ3n) is 4.86. The van der Waals surface area contributed by atoms with Gasteiger partial charge >= 0.3 is 0 Å². The van der Waals surface area contributed by atoms with Crippen LogP contribution in [0.1, 0.15) is 38.2 Å². The van der Waals surface area contributed by atoms with E-state index in [1.807, 2.05) is 18.2 Å². The Morgan fingerprint density at radius 2 is 2.07 bits per heavy atom. The molecule has 0 spiro atoms. The van der Waals surface area contributed by atoms with Crippen LogP contribution in [0, 0.1) is 5.41 Å². The van der Waals surface area contributed by atoms with Gasteiger partial charge in [0, 0.05) is 38.3 Å². The maximum atomic E-state index is 9.33. The first-order valence-corrected chi connectivity index (χ1v) is 10.1. The summed E-state index contributed by atoms with van der Waals surface area (Å²) in [5.74, 6) is 0.840. The van der Waals surface area contributed by atoms with E-state index in [1.165, 1.54) is 5.56 Å². The lowest BCUT2D eigenvalue weighted by atomic mass is 9.84. The topological polar surface area (TPSA) is 75.1 Å². The molecule has 1 saturated heterocycles. The van der Waals surface area contributed by atoms with Crippen molar-refractivity contribution in [2.24, 2.45) is 10.4 Å². The average Bonchev–Trinajstić information content (AvgIpc) is 3.15. The van der Waals surface area contributed by atoms with Gasteiger partial charge < -0.3 is 25.2 Å². The molecule has 0 radical (unpaired) electrons. The van der Waals surface area contributed by atoms with Crippen LogP contribution in [-0.4, -0.2) is 57.1 Å². The van der Waals surface area contributed by atoms with E-state index in [9.17, 15) is 5.11 Å².